The van der Waals surface area contributed by atoms with Crippen LogP contribution in [0.1, 0.15) is 31.7 Å². The van der Waals surface area contributed by atoms with E-state index in [9.17, 15) is 18.0 Å². The maximum absolute atomic E-state index is 12.8. The second-order valence-corrected chi connectivity index (χ2v) is 6.97. The topological polar surface area (TPSA) is 70.7 Å². The number of alkyl halides is 3. The summed E-state index contributed by atoms with van der Waals surface area (Å²) in [4.78, 5) is 16.5. The van der Waals surface area contributed by atoms with Crippen LogP contribution >= 0.6 is 23.4 Å². The second-order valence-electron chi connectivity index (χ2n) is 5.26. The Morgan fingerprint density at radius 1 is 1.44 bits per heavy atom. The lowest BCUT2D eigenvalue weighted by atomic mass is 10.2. The van der Waals surface area contributed by atoms with Crippen molar-refractivity contribution in [3.05, 3.63) is 34.6 Å². The normalized spacial score (nSPS) is 12.9. The van der Waals surface area contributed by atoms with Gasteiger partial charge in [-0.25, -0.2) is 4.98 Å². The average Bonchev–Trinajstić information content (AvgIpc) is 2.95. The summed E-state index contributed by atoms with van der Waals surface area (Å²) in [5, 5.41) is 9.01. The van der Waals surface area contributed by atoms with Crippen molar-refractivity contribution in [3.63, 3.8) is 0 Å². The van der Waals surface area contributed by atoms with Crippen LogP contribution in [0, 0.1) is 0 Å². The SMILES string of the molecule is CCCc1nc(S[C@@H](C)C(=O)Nc2cc(C(F)(F)F)ccc2Cl)n[nH]1. The number of amides is 1. The van der Waals surface area contributed by atoms with Crippen molar-refractivity contribution in [3.8, 4) is 0 Å². The standard InChI is InChI=1S/C15H16ClF3N4OS/c1-3-4-12-21-14(23-22-12)25-8(2)13(24)20-11-7-9(15(17,18)19)5-6-10(11)16/h5-8H,3-4H2,1-2H3,(H,20,24)(H,21,22,23)/t8-/m0/s1. The van der Waals surface area contributed by atoms with Gasteiger partial charge < -0.3 is 5.32 Å². The third kappa shape index (κ3) is 5.37. The Balaban J connectivity index is 2.05. The second kappa shape index (κ2) is 8.09. The Hall–Kier alpha value is -1.74. The number of nitrogens with one attached hydrogen (secondary N) is 2. The van der Waals surface area contributed by atoms with Gasteiger partial charge in [0.05, 0.1) is 21.5 Å². The van der Waals surface area contributed by atoms with E-state index in [1.807, 2.05) is 6.92 Å². The van der Waals surface area contributed by atoms with Crippen LogP contribution < -0.4 is 5.32 Å². The smallest absolute Gasteiger partial charge is 0.324 e. The van der Waals surface area contributed by atoms with E-state index in [1.165, 1.54) is 0 Å². The Morgan fingerprint density at radius 2 is 2.16 bits per heavy atom. The number of hydrogen-bond donors (Lipinski definition) is 2. The first-order valence-electron chi connectivity index (χ1n) is 7.46. The molecule has 10 heteroatoms. The van der Waals surface area contributed by atoms with Crippen molar-refractivity contribution in [2.45, 2.75) is 43.3 Å². The van der Waals surface area contributed by atoms with E-state index in [1.54, 1.807) is 6.92 Å². The molecule has 0 bridgehead atoms. The van der Waals surface area contributed by atoms with E-state index in [0.29, 0.717) is 5.16 Å². The lowest BCUT2D eigenvalue weighted by molar-refractivity contribution is -0.137. The molecule has 0 saturated carbocycles. The van der Waals surface area contributed by atoms with Gasteiger partial charge in [-0.1, -0.05) is 30.3 Å². The number of halogens is 4. The highest BCUT2D eigenvalue weighted by Crippen LogP contribution is 2.34. The molecule has 1 heterocycles. The van der Waals surface area contributed by atoms with Crippen LogP contribution in [-0.4, -0.2) is 26.3 Å². The summed E-state index contributed by atoms with van der Waals surface area (Å²) in [5.74, 6) is 0.228. The molecule has 2 N–H and O–H groups in total. The maximum Gasteiger partial charge on any atom is 0.416 e. The van der Waals surface area contributed by atoms with Crippen molar-refractivity contribution in [1.29, 1.82) is 0 Å². The number of hydrogen-bond acceptors (Lipinski definition) is 4. The molecule has 0 fully saturated rings. The van der Waals surface area contributed by atoms with Crippen molar-refractivity contribution in [2.75, 3.05) is 5.32 Å². The van der Waals surface area contributed by atoms with E-state index in [2.05, 4.69) is 20.5 Å². The van der Waals surface area contributed by atoms with Crippen LogP contribution in [-0.2, 0) is 17.4 Å². The fraction of sp³-hybridized carbons (Fsp3) is 0.400. The number of benzene rings is 1. The molecule has 0 unspecified atom stereocenters. The first-order valence-corrected chi connectivity index (χ1v) is 8.72. The molecule has 0 aliphatic rings. The van der Waals surface area contributed by atoms with E-state index in [4.69, 9.17) is 11.6 Å². The van der Waals surface area contributed by atoms with E-state index < -0.39 is 22.9 Å². The third-order valence-electron chi connectivity index (χ3n) is 3.20. The number of anilines is 1. The zero-order valence-electron chi connectivity index (χ0n) is 13.4. The van der Waals surface area contributed by atoms with Gasteiger partial charge in [0.25, 0.3) is 0 Å². The number of nitrogens with zero attached hydrogens (tertiary/aromatic N) is 2. The molecule has 1 aromatic heterocycles. The quantitative estimate of drug-likeness (QED) is 0.707. The Labute approximate surface area is 151 Å². The number of H-pyrrole nitrogens is 1. The number of aromatic nitrogens is 3. The number of aromatic amines is 1. The Kier molecular flexibility index (Phi) is 6.34. The number of aryl methyl sites for hydroxylation is 1. The van der Waals surface area contributed by atoms with E-state index in [-0.39, 0.29) is 10.7 Å². The Bertz CT molecular complexity index is 751. The fourth-order valence-corrected chi connectivity index (χ4v) is 2.83. The van der Waals surface area contributed by atoms with Crippen molar-refractivity contribution >= 4 is 35.0 Å². The van der Waals surface area contributed by atoms with Crippen molar-refractivity contribution in [2.24, 2.45) is 0 Å². The predicted octanol–water partition coefficient (Wildman–Crippen LogP) is 4.55. The molecule has 0 aliphatic carbocycles. The monoisotopic (exact) mass is 392 g/mol. The fourth-order valence-electron chi connectivity index (χ4n) is 1.92. The predicted molar refractivity (Wildman–Crippen MR) is 90.8 cm³/mol. The number of thioether (sulfide) groups is 1. The van der Waals surface area contributed by atoms with Crippen LogP contribution in [0.2, 0.25) is 5.02 Å². The largest absolute Gasteiger partial charge is 0.416 e. The molecule has 1 aromatic carbocycles. The van der Waals surface area contributed by atoms with Gasteiger partial charge in [0.1, 0.15) is 5.82 Å². The van der Waals surface area contributed by atoms with E-state index >= 15 is 0 Å². The molecule has 1 atom stereocenters. The molecular weight excluding hydrogens is 377 g/mol. The lowest BCUT2D eigenvalue weighted by Crippen LogP contribution is -2.23. The molecule has 25 heavy (non-hydrogen) atoms. The molecule has 2 rings (SSSR count). The van der Waals surface area contributed by atoms with Crippen LogP contribution in [0.4, 0.5) is 18.9 Å². The minimum atomic E-state index is -4.51. The highest BCUT2D eigenvalue weighted by Gasteiger charge is 2.31. The van der Waals surface area contributed by atoms with Crippen LogP contribution in [0.3, 0.4) is 0 Å². The van der Waals surface area contributed by atoms with Crippen LogP contribution in [0.25, 0.3) is 0 Å². The molecule has 0 spiro atoms. The van der Waals surface area contributed by atoms with Crippen molar-refractivity contribution < 1.29 is 18.0 Å². The molecule has 0 saturated heterocycles. The maximum atomic E-state index is 12.8. The molecule has 0 radical (unpaired) electrons. The lowest BCUT2D eigenvalue weighted by Gasteiger charge is -2.13. The summed E-state index contributed by atoms with van der Waals surface area (Å²) in [5.41, 5.74) is -0.971. The molecule has 0 aliphatic heterocycles. The van der Waals surface area contributed by atoms with Gasteiger partial charge in [-0.2, -0.15) is 13.2 Å². The van der Waals surface area contributed by atoms with Crippen molar-refractivity contribution in [1.82, 2.24) is 15.2 Å². The van der Waals surface area contributed by atoms with Gasteiger partial charge in [0.2, 0.25) is 11.1 Å². The minimum absolute atomic E-state index is 0.0293. The Morgan fingerprint density at radius 3 is 2.80 bits per heavy atom. The van der Waals surface area contributed by atoms with Crippen LogP contribution in [0.15, 0.2) is 23.4 Å². The first-order chi connectivity index (χ1) is 11.7. The molecule has 1 amide bonds. The summed E-state index contributed by atoms with van der Waals surface area (Å²) < 4.78 is 38.3. The van der Waals surface area contributed by atoms with Gasteiger partial charge in [0, 0.05) is 6.42 Å². The molecular formula is C15H16ClF3N4OS. The van der Waals surface area contributed by atoms with Gasteiger partial charge in [-0.05, 0) is 31.5 Å². The average molecular weight is 393 g/mol. The zero-order chi connectivity index (χ0) is 18.6. The first kappa shape index (κ1) is 19.6. The zero-order valence-corrected chi connectivity index (χ0v) is 15.0. The number of rotatable bonds is 6. The molecule has 136 valence electrons. The minimum Gasteiger partial charge on any atom is -0.324 e. The molecule has 2 aromatic rings. The number of carbonyl (C=O) groups excluding carboxylic acids is 1. The molecule has 5 nitrogen and oxygen atoms in total. The third-order valence-corrected chi connectivity index (χ3v) is 4.49. The van der Waals surface area contributed by atoms with Gasteiger partial charge >= 0.3 is 6.18 Å². The van der Waals surface area contributed by atoms with Gasteiger partial charge in [-0.3, -0.25) is 9.89 Å². The van der Waals surface area contributed by atoms with E-state index in [0.717, 1.165) is 48.6 Å². The van der Waals surface area contributed by atoms with Crippen LogP contribution in [0.5, 0.6) is 0 Å². The summed E-state index contributed by atoms with van der Waals surface area (Å²) in [6.45, 7) is 3.61. The summed E-state index contributed by atoms with van der Waals surface area (Å²) in [6.07, 6.45) is -2.86. The number of carbonyl (C=O) groups is 1. The summed E-state index contributed by atoms with van der Waals surface area (Å²) in [6, 6.07) is 2.77. The highest BCUT2D eigenvalue weighted by atomic mass is 35.5. The summed E-state index contributed by atoms with van der Waals surface area (Å²) in [7, 11) is 0. The summed E-state index contributed by atoms with van der Waals surface area (Å²) >= 11 is 6.98. The highest BCUT2D eigenvalue weighted by molar-refractivity contribution is 8.00. The van der Waals surface area contributed by atoms with Gasteiger partial charge in [-0.15, -0.1) is 5.10 Å². The van der Waals surface area contributed by atoms with Gasteiger partial charge in [0.15, 0.2) is 0 Å².